The molecule has 36 heavy (non-hydrogen) atoms. The molecule has 0 bridgehead atoms. The first-order valence-corrected chi connectivity index (χ1v) is 13.6. The van der Waals surface area contributed by atoms with Crippen molar-refractivity contribution in [1.82, 2.24) is 10.2 Å². The molecule has 1 saturated heterocycles. The van der Waals surface area contributed by atoms with Crippen LogP contribution >= 0.6 is 0 Å². The predicted molar refractivity (Wildman–Crippen MR) is 151 cm³/mol. The van der Waals surface area contributed by atoms with Gasteiger partial charge < -0.3 is 26.8 Å². The maximum Gasteiger partial charge on any atom is 0.233 e. The standard InChI is InChI=1S/C17H31N3O3.C10H15N.C2H6/c1-4-20-15(7-8-16(20)13(3)22)6-5-14(9-10-21)12(2)19-17(23)11-18;1-2-9-3-5-10(6-4-9)7-8-11;1-2/h4,12,14-16,21H,1,5-11,18H2,2-3H3,(H,19,23);3-6H,2,7-8,11H2,1H3;1-2H3. The Morgan fingerprint density at radius 3 is 2.25 bits per heavy atom. The van der Waals surface area contributed by atoms with E-state index in [1.54, 1.807) is 13.1 Å². The summed E-state index contributed by atoms with van der Waals surface area (Å²) in [5.74, 6) is 0.201. The molecule has 0 aliphatic carbocycles. The first kappa shape index (κ1) is 33.8. The number of hydrogen-bond donors (Lipinski definition) is 4. The Morgan fingerprint density at radius 1 is 1.17 bits per heavy atom. The molecule has 0 radical (unpaired) electrons. The van der Waals surface area contributed by atoms with Crippen molar-refractivity contribution in [2.24, 2.45) is 17.4 Å². The van der Waals surface area contributed by atoms with E-state index < -0.39 is 0 Å². The molecule has 1 aromatic rings. The lowest BCUT2D eigenvalue weighted by Crippen LogP contribution is -2.42. The minimum atomic E-state index is -0.175. The second-order valence-electron chi connectivity index (χ2n) is 9.11. The van der Waals surface area contributed by atoms with E-state index in [2.05, 4.69) is 48.0 Å². The Bertz CT molecular complexity index is 739. The minimum Gasteiger partial charge on any atom is -0.396 e. The first-order valence-electron chi connectivity index (χ1n) is 13.6. The molecule has 1 heterocycles. The third-order valence-corrected chi connectivity index (χ3v) is 6.75. The molecule has 4 atom stereocenters. The second kappa shape index (κ2) is 19.9. The van der Waals surface area contributed by atoms with Gasteiger partial charge in [0.15, 0.2) is 5.78 Å². The Balaban J connectivity index is 0.000000784. The number of aryl methyl sites for hydroxylation is 1. The topological polar surface area (TPSA) is 122 Å². The fraction of sp³-hybridized carbons (Fsp3) is 0.655. The third-order valence-electron chi connectivity index (χ3n) is 6.75. The molecule has 6 N–H and O–H groups in total. The van der Waals surface area contributed by atoms with Gasteiger partial charge in [-0.2, -0.15) is 0 Å². The van der Waals surface area contributed by atoms with Crippen LogP contribution < -0.4 is 16.8 Å². The van der Waals surface area contributed by atoms with E-state index in [1.807, 2.05) is 20.8 Å². The molecule has 7 nitrogen and oxygen atoms in total. The molecule has 1 aliphatic heterocycles. The minimum absolute atomic E-state index is 0.0245. The Hall–Kier alpha value is -2.22. The van der Waals surface area contributed by atoms with Gasteiger partial charge in [-0.05, 0) is 88.6 Å². The number of Topliss-reactive ketones (excluding diaryl/α,β-unsaturated/α-hetero) is 1. The lowest BCUT2D eigenvalue weighted by molar-refractivity contribution is -0.121. The van der Waals surface area contributed by atoms with E-state index in [0.29, 0.717) is 12.5 Å². The summed E-state index contributed by atoms with van der Waals surface area (Å²) >= 11 is 0. The van der Waals surface area contributed by atoms with Crippen molar-refractivity contribution >= 4 is 11.7 Å². The number of carbonyl (C=O) groups is 2. The molecule has 1 aliphatic rings. The average Bonchev–Trinajstić information content (AvgIpc) is 3.32. The number of nitrogens with two attached hydrogens (primary N) is 2. The molecule has 1 amide bonds. The van der Waals surface area contributed by atoms with E-state index >= 15 is 0 Å². The van der Waals surface area contributed by atoms with Gasteiger partial charge in [-0.3, -0.25) is 9.59 Å². The lowest BCUT2D eigenvalue weighted by Gasteiger charge is -2.30. The molecule has 206 valence electrons. The summed E-state index contributed by atoms with van der Waals surface area (Å²) in [6, 6.07) is 8.89. The zero-order valence-electron chi connectivity index (χ0n) is 23.3. The Morgan fingerprint density at radius 2 is 1.78 bits per heavy atom. The number of rotatable bonds is 13. The number of carbonyl (C=O) groups excluding carboxylic acids is 2. The van der Waals surface area contributed by atoms with Crippen molar-refractivity contribution in [3.63, 3.8) is 0 Å². The number of amides is 1. The largest absolute Gasteiger partial charge is 0.396 e. The van der Waals surface area contributed by atoms with E-state index in [9.17, 15) is 14.7 Å². The summed E-state index contributed by atoms with van der Waals surface area (Å²) in [5.41, 5.74) is 13.5. The van der Waals surface area contributed by atoms with Crippen molar-refractivity contribution in [2.75, 3.05) is 19.7 Å². The van der Waals surface area contributed by atoms with Crippen LogP contribution in [0.1, 0.15) is 77.8 Å². The summed E-state index contributed by atoms with van der Waals surface area (Å²) in [6.45, 7) is 14.4. The van der Waals surface area contributed by atoms with E-state index in [0.717, 1.165) is 45.1 Å². The monoisotopic (exact) mass is 504 g/mol. The van der Waals surface area contributed by atoms with Crippen LogP contribution in [0.15, 0.2) is 37.0 Å². The predicted octanol–water partition coefficient (Wildman–Crippen LogP) is 3.57. The summed E-state index contributed by atoms with van der Waals surface area (Å²) in [4.78, 5) is 25.2. The molecular formula is C29H52N4O3. The van der Waals surface area contributed by atoms with Crippen LogP contribution in [-0.2, 0) is 22.4 Å². The van der Waals surface area contributed by atoms with E-state index in [1.165, 1.54) is 11.1 Å². The number of aliphatic hydroxyl groups is 1. The Labute approximate surface area is 219 Å². The molecule has 0 saturated carbocycles. The van der Waals surface area contributed by atoms with Gasteiger partial charge in [-0.1, -0.05) is 51.6 Å². The SMILES string of the molecule is C=CN1C(CCC(CCO)C(C)NC(=O)CN)CCC1C(C)=O.CC.CCc1ccc(CCN)cc1. The lowest BCUT2D eigenvalue weighted by atomic mass is 9.90. The summed E-state index contributed by atoms with van der Waals surface area (Å²) in [7, 11) is 0. The number of aliphatic hydroxyl groups excluding tert-OH is 1. The van der Waals surface area contributed by atoms with Crippen molar-refractivity contribution < 1.29 is 14.7 Å². The van der Waals surface area contributed by atoms with Gasteiger partial charge in [-0.25, -0.2) is 0 Å². The number of nitrogens with one attached hydrogen (secondary N) is 1. The molecule has 7 heteroatoms. The van der Waals surface area contributed by atoms with Crippen molar-refractivity contribution in [1.29, 1.82) is 0 Å². The third kappa shape index (κ3) is 12.2. The van der Waals surface area contributed by atoms with E-state index in [4.69, 9.17) is 11.5 Å². The maximum atomic E-state index is 11.7. The van der Waals surface area contributed by atoms with Crippen LogP contribution in [0, 0.1) is 5.92 Å². The van der Waals surface area contributed by atoms with Crippen LogP contribution in [0.5, 0.6) is 0 Å². The van der Waals surface area contributed by atoms with Crippen LogP contribution in [0.3, 0.4) is 0 Å². The Kier molecular flexibility index (Phi) is 18.7. The zero-order valence-corrected chi connectivity index (χ0v) is 23.3. The fourth-order valence-corrected chi connectivity index (χ4v) is 4.64. The van der Waals surface area contributed by atoms with Gasteiger partial charge in [0, 0.05) is 18.7 Å². The molecule has 0 spiro atoms. The second-order valence-corrected chi connectivity index (χ2v) is 9.11. The molecule has 2 rings (SSSR count). The van der Waals surface area contributed by atoms with Crippen LogP contribution in [0.25, 0.3) is 0 Å². The summed E-state index contributed by atoms with van der Waals surface area (Å²) in [6.07, 6.45) is 8.16. The van der Waals surface area contributed by atoms with Gasteiger partial charge in [0.25, 0.3) is 0 Å². The smallest absolute Gasteiger partial charge is 0.233 e. The van der Waals surface area contributed by atoms with Crippen LogP contribution in [0.2, 0.25) is 0 Å². The molecule has 0 aromatic heterocycles. The van der Waals surface area contributed by atoms with Crippen LogP contribution in [0.4, 0.5) is 0 Å². The molecule has 4 unspecified atom stereocenters. The van der Waals surface area contributed by atoms with Gasteiger partial charge >= 0.3 is 0 Å². The number of nitrogens with zero attached hydrogens (tertiary/aromatic N) is 1. The van der Waals surface area contributed by atoms with Gasteiger partial charge in [0.1, 0.15) is 0 Å². The highest BCUT2D eigenvalue weighted by molar-refractivity contribution is 5.82. The maximum absolute atomic E-state index is 11.7. The highest BCUT2D eigenvalue weighted by Crippen LogP contribution is 2.30. The zero-order chi connectivity index (χ0) is 27.5. The number of ketones is 1. The van der Waals surface area contributed by atoms with E-state index in [-0.39, 0.29) is 42.8 Å². The number of likely N-dealkylation sites (tertiary alicyclic amines) is 1. The molecule has 1 fully saturated rings. The quantitative estimate of drug-likeness (QED) is 0.326. The van der Waals surface area contributed by atoms with Crippen molar-refractivity contribution in [3.8, 4) is 0 Å². The van der Waals surface area contributed by atoms with Gasteiger partial charge in [0.2, 0.25) is 5.91 Å². The fourth-order valence-electron chi connectivity index (χ4n) is 4.64. The average molecular weight is 505 g/mol. The number of hydrogen-bond acceptors (Lipinski definition) is 6. The van der Waals surface area contributed by atoms with Gasteiger partial charge in [0.05, 0.1) is 12.6 Å². The first-order chi connectivity index (χ1) is 17.3. The summed E-state index contributed by atoms with van der Waals surface area (Å²) in [5, 5.41) is 12.2. The van der Waals surface area contributed by atoms with Crippen molar-refractivity contribution in [2.45, 2.75) is 97.7 Å². The molecular weight excluding hydrogens is 452 g/mol. The normalized spacial score (nSPS) is 18.2. The number of benzene rings is 1. The summed E-state index contributed by atoms with van der Waals surface area (Å²) < 4.78 is 0. The molecule has 1 aromatic carbocycles. The highest BCUT2D eigenvalue weighted by Gasteiger charge is 2.34. The van der Waals surface area contributed by atoms with Gasteiger partial charge in [-0.15, -0.1) is 0 Å². The van der Waals surface area contributed by atoms with Crippen molar-refractivity contribution in [3.05, 3.63) is 48.2 Å². The van der Waals surface area contributed by atoms with Crippen LogP contribution in [-0.4, -0.2) is 59.5 Å². The highest BCUT2D eigenvalue weighted by atomic mass is 16.3.